The van der Waals surface area contributed by atoms with Crippen LogP contribution in [0.25, 0.3) is 0 Å². The number of likely N-dealkylation sites (N-methyl/N-ethyl adjacent to an activating group) is 1. The molecule has 2 rings (SSSR count). The molecular formula is C12H17FN2O. The number of methoxy groups -OCH3 is 1. The van der Waals surface area contributed by atoms with Gasteiger partial charge in [-0.15, -0.1) is 0 Å². The van der Waals surface area contributed by atoms with Gasteiger partial charge in [-0.3, -0.25) is 4.90 Å². The zero-order valence-electron chi connectivity index (χ0n) is 9.61. The maximum absolute atomic E-state index is 13.6. The molecule has 0 spiro atoms. The third kappa shape index (κ3) is 1.90. The second-order valence-corrected chi connectivity index (χ2v) is 4.31. The summed E-state index contributed by atoms with van der Waals surface area (Å²) >= 11 is 0. The highest BCUT2D eigenvalue weighted by molar-refractivity contribution is 5.38. The number of hydrogen-bond acceptors (Lipinski definition) is 3. The second kappa shape index (κ2) is 4.39. The van der Waals surface area contributed by atoms with E-state index in [1.807, 2.05) is 13.1 Å². The molecule has 3 nitrogen and oxygen atoms in total. The molecule has 0 aromatic heterocycles. The highest BCUT2D eigenvalue weighted by atomic mass is 19.1. The average Bonchev–Trinajstić information content (AvgIpc) is 2.57. The van der Waals surface area contributed by atoms with E-state index in [9.17, 15) is 4.39 Å². The molecule has 1 aliphatic heterocycles. The van der Waals surface area contributed by atoms with E-state index in [4.69, 9.17) is 10.5 Å². The lowest BCUT2D eigenvalue weighted by Gasteiger charge is -2.21. The molecule has 1 saturated heterocycles. The Morgan fingerprint density at radius 1 is 1.50 bits per heavy atom. The van der Waals surface area contributed by atoms with Gasteiger partial charge in [0.15, 0.2) is 11.6 Å². The van der Waals surface area contributed by atoms with Crippen molar-refractivity contribution in [3.8, 4) is 5.75 Å². The molecule has 1 aromatic rings. The summed E-state index contributed by atoms with van der Waals surface area (Å²) in [6, 6.07) is 5.34. The van der Waals surface area contributed by atoms with E-state index in [0.29, 0.717) is 5.75 Å². The van der Waals surface area contributed by atoms with Crippen molar-refractivity contribution in [3.63, 3.8) is 0 Å². The first-order chi connectivity index (χ1) is 7.63. The van der Waals surface area contributed by atoms with E-state index in [-0.39, 0.29) is 17.9 Å². The summed E-state index contributed by atoms with van der Waals surface area (Å²) in [4.78, 5) is 2.14. The predicted octanol–water partition coefficient (Wildman–Crippen LogP) is 1.54. The van der Waals surface area contributed by atoms with Crippen LogP contribution in [0.1, 0.15) is 18.0 Å². The Labute approximate surface area is 95.0 Å². The number of nitrogens with zero attached hydrogens (tertiary/aromatic N) is 1. The van der Waals surface area contributed by atoms with Gasteiger partial charge in [0.05, 0.1) is 7.11 Å². The summed E-state index contributed by atoms with van der Waals surface area (Å²) in [7, 11) is 3.50. The molecule has 2 atom stereocenters. The number of para-hydroxylation sites is 1. The van der Waals surface area contributed by atoms with Gasteiger partial charge in [0.1, 0.15) is 0 Å². The molecule has 2 N–H and O–H groups in total. The molecule has 4 heteroatoms. The Hall–Kier alpha value is -1.13. The molecular weight excluding hydrogens is 207 g/mol. The van der Waals surface area contributed by atoms with Crippen molar-refractivity contribution in [2.45, 2.75) is 18.5 Å². The Bertz CT molecular complexity index is 383. The molecule has 88 valence electrons. The number of halogens is 1. The van der Waals surface area contributed by atoms with Gasteiger partial charge in [0.25, 0.3) is 0 Å². The summed E-state index contributed by atoms with van der Waals surface area (Å²) in [6.45, 7) is 0.838. The minimum Gasteiger partial charge on any atom is -0.493 e. The van der Waals surface area contributed by atoms with Crippen LogP contribution in [0.5, 0.6) is 5.75 Å². The van der Waals surface area contributed by atoms with Crippen molar-refractivity contribution in [1.29, 1.82) is 0 Å². The molecule has 0 bridgehead atoms. The predicted molar refractivity (Wildman–Crippen MR) is 60.9 cm³/mol. The summed E-state index contributed by atoms with van der Waals surface area (Å²) in [5.74, 6) is 0.0299. The van der Waals surface area contributed by atoms with E-state index < -0.39 is 0 Å². The maximum atomic E-state index is 13.6. The van der Waals surface area contributed by atoms with Crippen LogP contribution in [0.15, 0.2) is 18.2 Å². The molecule has 1 aliphatic rings. The quantitative estimate of drug-likeness (QED) is 0.828. The van der Waals surface area contributed by atoms with Gasteiger partial charge >= 0.3 is 0 Å². The molecule has 0 amide bonds. The number of rotatable bonds is 2. The minimum atomic E-state index is -0.311. The summed E-state index contributed by atoms with van der Waals surface area (Å²) in [5, 5.41) is 0. The third-order valence-electron chi connectivity index (χ3n) is 3.14. The number of likely N-dealkylation sites (tertiary alicyclic amines) is 1. The van der Waals surface area contributed by atoms with Crippen molar-refractivity contribution < 1.29 is 9.13 Å². The lowest BCUT2D eigenvalue weighted by molar-refractivity contribution is 0.300. The smallest absolute Gasteiger partial charge is 0.165 e. The van der Waals surface area contributed by atoms with Crippen LogP contribution in [-0.2, 0) is 0 Å². The van der Waals surface area contributed by atoms with E-state index >= 15 is 0 Å². The Kier molecular flexibility index (Phi) is 3.12. The number of hydrogen-bond donors (Lipinski definition) is 1. The van der Waals surface area contributed by atoms with Gasteiger partial charge in [-0.25, -0.2) is 4.39 Å². The first-order valence-corrected chi connectivity index (χ1v) is 5.41. The molecule has 1 aromatic carbocycles. The van der Waals surface area contributed by atoms with Crippen LogP contribution < -0.4 is 10.5 Å². The average molecular weight is 224 g/mol. The van der Waals surface area contributed by atoms with Crippen molar-refractivity contribution in [2.75, 3.05) is 20.7 Å². The summed E-state index contributed by atoms with van der Waals surface area (Å²) in [5.41, 5.74) is 6.79. The number of ether oxygens (including phenoxy) is 1. The second-order valence-electron chi connectivity index (χ2n) is 4.31. The molecule has 2 unspecified atom stereocenters. The molecule has 0 saturated carbocycles. The van der Waals surface area contributed by atoms with Gasteiger partial charge in [-0.1, -0.05) is 12.1 Å². The highest BCUT2D eigenvalue weighted by Gasteiger charge is 2.30. The lowest BCUT2D eigenvalue weighted by atomic mass is 10.0. The summed E-state index contributed by atoms with van der Waals surface area (Å²) in [6.07, 6.45) is 0.844. The molecule has 16 heavy (non-hydrogen) atoms. The third-order valence-corrected chi connectivity index (χ3v) is 3.14. The Balaban J connectivity index is 2.36. The minimum absolute atomic E-state index is 0.153. The van der Waals surface area contributed by atoms with Gasteiger partial charge in [0.2, 0.25) is 0 Å². The Morgan fingerprint density at radius 2 is 2.25 bits per heavy atom. The van der Waals surface area contributed by atoms with Crippen LogP contribution in [-0.4, -0.2) is 31.6 Å². The van der Waals surface area contributed by atoms with E-state index in [1.54, 1.807) is 6.07 Å². The largest absolute Gasteiger partial charge is 0.493 e. The SMILES string of the molecule is COc1c(F)cccc1C1CC(N)CN1C. The zero-order valence-corrected chi connectivity index (χ0v) is 9.61. The fraction of sp³-hybridized carbons (Fsp3) is 0.500. The van der Waals surface area contributed by atoms with Gasteiger partial charge in [-0.2, -0.15) is 0 Å². The summed E-state index contributed by atoms with van der Waals surface area (Å²) < 4.78 is 18.7. The molecule has 0 radical (unpaired) electrons. The van der Waals surface area contributed by atoms with Crippen molar-refractivity contribution in [1.82, 2.24) is 4.90 Å². The van der Waals surface area contributed by atoms with Crippen LogP contribution in [0.3, 0.4) is 0 Å². The van der Waals surface area contributed by atoms with E-state index in [1.165, 1.54) is 13.2 Å². The monoisotopic (exact) mass is 224 g/mol. The van der Waals surface area contributed by atoms with Gasteiger partial charge < -0.3 is 10.5 Å². The van der Waals surface area contributed by atoms with Crippen LogP contribution in [0.4, 0.5) is 4.39 Å². The fourth-order valence-electron chi connectivity index (χ4n) is 2.41. The topological polar surface area (TPSA) is 38.5 Å². The first-order valence-electron chi connectivity index (χ1n) is 5.41. The van der Waals surface area contributed by atoms with Crippen LogP contribution in [0, 0.1) is 5.82 Å². The van der Waals surface area contributed by atoms with Crippen LogP contribution in [0.2, 0.25) is 0 Å². The van der Waals surface area contributed by atoms with E-state index in [2.05, 4.69) is 4.90 Å². The highest BCUT2D eigenvalue weighted by Crippen LogP contribution is 2.36. The van der Waals surface area contributed by atoms with Crippen LogP contribution >= 0.6 is 0 Å². The van der Waals surface area contributed by atoms with Crippen molar-refractivity contribution in [3.05, 3.63) is 29.6 Å². The number of benzene rings is 1. The fourth-order valence-corrected chi connectivity index (χ4v) is 2.41. The molecule has 0 aliphatic carbocycles. The lowest BCUT2D eigenvalue weighted by Crippen LogP contribution is -2.24. The van der Waals surface area contributed by atoms with E-state index in [0.717, 1.165) is 18.5 Å². The standard InChI is InChI=1S/C12H17FN2O/c1-15-7-8(14)6-11(15)9-4-3-5-10(13)12(9)16-2/h3-5,8,11H,6-7,14H2,1-2H3. The van der Waals surface area contributed by atoms with Gasteiger partial charge in [0, 0.05) is 24.2 Å². The van der Waals surface area contributed by atoms with Crippen molar-refractivity contribution in [2.24, 2.45) is 5.73 Å². The maximum Gasteiger partial charge on any atom is 0.165 e. The van der Waals surface area contributed by atoms with Gasteiger partial charge in [-0.05, 0) is 19.5 Å². The Morgan fingerprint density at radius 3 is 2.81 bits per heavy atom. The first kappa shape index (κ1) is 11.4. The zero-order chi connectivity index (χ0) is 11.7. The molecule has 1 heterocycles. The number of nitrogens with two attached hydrogens (primary N) is 1. The van der Waals surface area contributed by atoms with Crippen molar-refractivity contribution >= 4 is 0 Å². The normalized spacial score (nSPS) is 26.0. The molecule has 1 fully saturated rings.